The van der Waals surface area contributed by atoms with Crippen molar-refractivity contribution in [3.05, 3.63) is 29.7 Å². The Balaban J connectivity index is 2.53. The zero-order valence-electron chi connectivity index (χ0n) is 10.0. The van der Waals surface area contributed by atoms with Crippen molar-refractivity contribution < 1.29 is 17.6 Å². The fraction of sp³-hybridized carbons (Fsp3) is 0.417. The molecule has 0 spiro atoms. The van der Waals surface area contributed by atoms with Crippen molar-refractivity contribution in [2.75, 3.05) is 6.54 Å². The highest BCUT2D eigenvalue weighted by molar-refractivity contribution is 5.73. The zero-order valence-corrected chi connectivity index (χ0v) is 10.0. The second-order valence-corrected chi connectivity index (χ2v) is 4.79. The van der Waals surface area contributed by atoms with Gasteiger partial charge in [0, 0.05) is 6.54 Å². The van der Waals surface area contributed by atoms with Crippen LogP contribution in [-0.2, 0) is 11.6 Å². The topological polar surface area (TPSA) is 52.0 Å². The first-order valence-electron chi connectivity index (χ1n) is 5.42. The van der Waals surface area contributed by atoms with Crippen LogP contribution in [0.4, 0.5) is 13.2 Å². The smallest absolute Gasteiger partial charge is 0.416 e. The zero-order chi connectivity index (χ0) is 13.6. The quantitative estimate of drug-likeness (QED) is 0.900. The predicted molar refractivity (Wildman–Crippen MR) is 61.1 cm³/mol. The average molecular weight is 258 g/mol. The highest BCUT2D eigenvalue weighted by Gasteiger charge is 2.32. The van der Waals surface area contributed by atoms with Crippen LogP contribution in [0.15, 0.2) is 22.6 Å². The molecule has 1 aromatic heterocycles. The molecule has 6 heteroatoms. The second kappa shape index (κ2) is 3.98. The van der Waals surface area contributed by atoms with Gasteiger partial charge in [0.25, 0.3) is 0 Å². The van der Waals surface area contributed by atoms with Gasteiger partial charge in [0.15, 0.2) is 5.58 Å². The van der Waals surface area contributed by atoms with E-state index in [1.165, 1.54) is 6.07 Å². The lowest BCUT2D eigenvalue weighted by molar-refractivity contribution is -0.137. The minimum atomic E-state index is -4.38. The van der Waals surface area contributed by atoms with E-state index < -0.39 is 17.2 Å². The third kappa shape index (κ3) is 2.20. The van der Waals surface area contributed by atoms with Gasteiger partial charge in [0.05, 0.1) is 11.0 Å². The molecule has 0 bridgehead atoms. The maximum Gasteiger partial charge on any atom is 0.416 e. The SMILES string of the molecule is CC(C)(CN)c1nc2cc(C(F)(F)F)ccc2o1. The average Bonchev–Trinajstić information content (AvgIpc) is 2.71. The van der Waals surface area contributed by atoms with Crippen LogP contribution >= 0.6 is 0 Å². The van der Waals surface area contributed by atoms with Gasteiger partial charge in [-0.3, -0.25) is 0 Å². The fourth-order valence-corrected chi connectivity index (χ4v) is 1.48. The lowest BCUT2D eigenvalue weighted by Gasteiger charge is -2.16. The summed E-state index contributed by atoms with van der Waals surface area (Å²) in [5.74, 6) is 0.347. The molecule has 0 aliphatic heterocycles. The summed E-state index contributed by atoms with van der Waals surface area (Å²) in [5.41, 5.74) is 4.87. The first-order valence-corrected chi connectivity index (χ1v) is 5.42. The molecule has 2 aromatic rings. The number of aromatic nitrogens is 1. The largest absolute Gasteiger partial charge is 0.440 e. The van der Waals surface area contributed by atoms with E-state index in [1.807, 2.05) is 13.8 Å². The summed E-state index contributed by atoms with van der Waals surface area (Å²) in [6.07, 6.45) is -4.38. The molecular formula is C12H13F3N2O. The number of rotatable bonds is 2. The lowest BCUT2D eigenvalue weighted by Crippen LogP contribution is -2.28. The van der Waals surface area contributed by atoms with Crippen LogP contribution in [-0.4, -0.2) is 11.5 Å². The number of hydrogen-bond acceptors (Lipinski definition) is 3. The van der Waals surface area contributed by atoms with Gasteiger partial charge in [0.1, 0.15) is 5.52 Å². The van der Waals surface area contributed by atoms with Gasteiger partial charge in [-0.05, 0) is 32.0 Å². The van der Waals surface area contributed by atoms with Gasteiger partial charge >= 0.3 is 6.18 Å². The third-order valence-corrected chi connectivity index (χ3v) is 2.80. The van der Waals surface area contributed by atoms with Gasteiger partial charge < -0.3 is 10.2 Å². The summed E-state index contributed by atoms with van der Waals surface area (Å²) in [4.78, 5) is 4.08. The molecule has 0 aliphatic rings. The molecule has 0 unspecified atom stereocenters. The second-order valence-electron chi connectivity index (χ2n) is 4.79. The summed E-state index contributed by atoms with van der Waals surface area (Å²) in [6.45, 7) is 3.94. The molecule has 0 radical (unpaired) electrons. The lowest BCUT2D eigenvalue weighted by atomic mass is 9.94. The Hall–Kier alpha value is -1.56. The molecule has 0 aliphatic carbocycles. The van der Waals surface area contributed by atoms with Crippen molar-refractivity contribution in [2.45, 2.75) is 25.4 Å². The number of hydrogen-bond donors (Lipinski definition) is 1. The molecule has 98 valence electrons. The van der Waals surface area contributed by atoms with Crippen LogP contribution in [0.3, 0.4) is 0 Å². The molecular weight excluding hydrogens is 245 g/mol. The number of halogens is 3. The highest BCUT2D eigenvalue weighted by atomic mass is 19.4. The summed E-state index contributed by atoms with van der Waals surface area (Å²) in [7, 11) is 0. The standard InChI is InChI=1S/C12H13F3N2O/c1-11(2,6-16)10-17-8-5-7(12(13,14)15)3-4-9(8)18-10/h3-5H,6,16H2,1-2H3. The van der Waals surface area contributed by atoms with Gasteiger partial charge in [0.2, 0.25) is 5.89 Å². The Morgan fingerprint density at radius 2 is 1.94 bits per heavy atom. The highest BCUT2D eigenvalue weighted by Crippen LogP contribution is 2.32. The van der Waals surface area contributed by atoms with E-state index in [1.54, 1.807) is 0 Å². The maximum atomic E-state index is 12.5. The first-order chi connectivity index (χ1) is 8.24. The van der Waals surface area contributed by atoms with Crippen LogP contribution in [0.25, 0.3) is 11.1 Å². The summed E-state index contributed by atoms with van der Waals surface area (Å²) in [5, 5.41) is 0. The van der Waals surface area contributed by atoms with Crippen LogP contribution in [0.5, 0.6) is 0 Å². The third-order valence-electron chi connectivity index (χ3n) is 2.80. The normalized spacial score (nSPS) is 13.2. The molecule has 2 rings (SSSR count). The first kappa shape index (κ1) is 12.9. The molecule has 0 saturated carbocycles. The van der Waals surface area contributed by atoms with E-state index in [0.29, 0.717) is 18.0 Å². The monoisotopic (exact) mass is 258 g/mol. The number of fused-ring (bicyclic) bond motifs is 1. The Morgan fingerprint density at radius 3 is 2.50 bits per heavy atom. The van der Waals surface area contributed by atoms with Gasteiger partial charge in [-0.25, -0.2) is 4.98 Å². The van der Waals surface area contributed by atoms with E-state index in [-0.39, 0.29) is 5.52 Å². The Labute approximate surface area is 102 Å². The van der Waals surface area contributed by atoms with E-state index in [9.17, 15) is 13.2 Å². The molecule has 1 aromatic carbocycles. The van der Waals surface area contributed by atoms with Gasteiger partial charge in [-0.1, -0.05) is 0 Å². The van der Waals surface area contributed by atoms with E-state index in [0.717, 1.165) is 12.1 Å². The minimum absolute atomic E-state index is 0.196. The molecule has 2 N–H and O–H groups in total. The van der Waals surface area contributed by atoms with Crippen LogP contribution in [0, 0.1) is 0 Å². The maximum absolute atomic E-state index is 12.5. The van der Waals surface area contributed by atoms with Crippen molar-refractivity contribution in [1.82, 2.24) is 4.98 Å². The van der Waals surface area contributed by atoms with Gasteiger partial charge in [-0.15, -0.1) is 0 Å². The van der Waals surface area contributed by atoms with Crippen LogP contribution in [0.2, 0.25) is 0 Å². The molecule has 0 fully saturated rings. The number of oxazole rings is 1. The molecule has 0 saturated heterocycles. The molecule has 18 heavy (non-hydrogen) atoms. The number of nitrogens with two attached hydrogens (primary N) is 1. The molecule has 0 atom stereocenters. The van der Waals surface area contributed by atoms with Crippen molar-refractivity contribution in [2.24, 2.45) is 5.73 Å². The Kier molecular flexibility index (Phi) is 2.85. The minimum Gasteiger partial charge on any atom is -0.440 e. The van der Waals surface area contributed by atoms with Crippen molar-refractivity contribution >= 4 is 11.1 Å². The van der Waals surface area contributed by atoms with E-state index in [2.05, 4.69) is 4.98 Å². The molecule has 1 heterocycles. The van der Waals surface area contributed by atoms with Crippen molar-refractivity contribution in [3.8, 4) is 0 Å². The van der Waals surface area contributed by atoms with E-state index >= 15 is 0 Å². The number of alkyl halides is 3. The Bertz CT molecular complexity index is 572. The number of nitrogens with zero attached hydrogens (tertiary/aromatic N) is 1. The summed E-state index contributed by atoms with van der Waals surface area (Å²) < 4.78 is 43.1. The predicted octanol–water partition coefficient (Wildman–Crippen LogP) is 3.08. The van der Waals surface area contributed by atoms with E-state index in [4.69, 9.17) is 10.2 Å². The fourth-order valence-electron chi connectivity index (χ4n) is 1.48. The summed E-state index contributed by atoms with van der Waals surface area (Å²) in [6, 6.07) is 3.24. The summed E-state index contributed by atoms with van der Waals surface area (Å²) >= 11 is 0. The van der Waals surface area contributed by atoms with Crippen LogP contribution in [0.1, 0.15) is 25.3 Å². The molecule has 0 amide bonds. The number of benzene rings is 1. The van der Waals surface area contributed by atoms with Gasteiger partial charge in [-0.2, -0.15) is 13.2 Å². The van der Waals surface area contributed by atoms with Crippen LogP contribution < -0.4 is 5.73 Å². The Morgan fingerprint density at radius 1 is 1.28 bits per heavy atom. The van der Waals surface area contributed by atoms with Crippen molar-refractivity contribution in [1.29, 1.82) is 0 Å². The van der Waals surface area contributed by atoms with Crippen molar-refractivity contribution in [3.63, 3.8) is 0 Å². The molecule has 3 nitrogen and oxygen atoms in total.